The molecule has 3 nitrogen and oxygen atoms in total. The normalized spacial score (nSPS) is 25.8. The number of nitrogens with one attached hydrogen (secondary N) is 2. The Morgan fingerprint density at radius 3 is 2.62 bits per heavy atom. The minimum atomic E-state index is 0.195. The van der Waals surface area contributed by atoms with Gasteiger partial charge in [0, 0.05) is 24.5 Å². The average molecular weight is 226 g/mol. The number of hydrogen-bond acceptors (Lipinski definition) is 2. The van der Waals surface area contributed by atoms with Gasteiger partial charge in [0.2, 0.25) is 5.91 Å². The molecule has 1 fully saturated rings. The van der Waals surface area contributed by atoms with Gasteiger partial charge in [-0.25, -0.2) is 0 Å². The van der Waals surface area contributed by atoms with E-state index in [0.717, 1.165) is 19.4 Å². The Hall–Kier alpha value is -0.570. The molecule has 0 spiro atoms. The first kappa shape index (κ1) is 13.5. The lowest BCUT2D eigenvalue weighted by Crippen LogP contribution is -2.48. The van der Waals surface area contributed by atoms with Crippen LogP contribution in [0, 0.1) is 5.92 Å². The molecule has 2 unspecified atom stereocenters. The highest BCUT2D eigenvalue weighted by Crippen LogP contribution is 2.12. The van der Waals surface area contributed by atoms with Crippen molar-refractivity contribution in [3.05, 3.63) is 0 Å². The van der Waals surface area contributed by atoms with Crippen molar-refractivity contribution in [2.45, 2.75) is 65.0 Å². The molecule has 2 N–H and O–H groups in total. The second kappa shape index (κ2) is 6.89. The molecule has 1 saturated heterocycles. The Kier molecular flexibility index (Phi) is 5.81. The largest absolute Gasteiger partial charge is 0.354 e. The third-order valence-electron chi connectivity index (χ3n) is 3.59. The molecule has 0 aromatic carbocycles. The molecule has 0 aromatic heterocycles. The van der Waals surface area contributed by atoms with Crippen LogP contribution >= 0.6 is 0 Å². The number of hydrogen-bond donors (Lipinski definition) is 2. The summed E-state index contributed by atoms with van der Waals surface area (Å²) in [6.45, 7) is 7.16. The minimum Gasteiger partial charge on any atom is -0.354 e. The Balaban J connectivity index is 2.25. The number of carbonyl (C=O) groups excluding carboxylic acids is 1. The molecule has 0 aliphatic carbocycles. The molecule has 3 heteroatoms. The van der Waals surface area contributed by atoms with E-state index in [2.05, 4.69) is 31.4 Å². The molecule has 94 valence electrons. The predicted molar refractivity (Wildman–Crippen MR) is 67.3 cm³/mol. The van der Waals surface area contributed by atoms with Crippen molar-refractivity contribution in [3.63, 3.8) is 0 Å². The van der Waals surface area contributed by atoms with Crippen LogP contribution in [0.5, 0.6) is 0 Å². The first-order chi connectivity index (χ1) is 7.67. The van der Waals surface area contributed by atoms with Crippen LogP contribution in [0.25, 0.3) is 0 Å². The van der Waals surface area contributed by atoms with Crippen molar-refractivity contribution in [1.29, 1.82) is 0 Å². The van der Waals surface area contributed by atoms with Crippen LogP contribution in [0.2, 0.25) is 0 Å². The minimum absolute atomic E-state index is 0.195. The van der Waals surface area contributed by atoms with Crippen LogP contribution in [-0.4, -0.2) is 24.5 Å². The van der Waals surface area contributed by atoms with Gasteiger partial charge in [0.15, 0.2) is 0 Å². The molecular weight excluding hydrogens is 200 g/mol. The molecule has 1 aliphatic rings. The lowest BCUT2D eigenvalue weighted by molar-refractivity contribution is -0.125. The van der Waals surface area contributed by atoms with Crippen molar-refractivity contribution in [1.82, 2.24) is 10.6 Å². The Labute approximate surface area is 99.4 Å². The lowest BCUT2D eigenvalue weighted by Gasteiger charge is -2.29. The smallest absolute Gasteiger partial charge is 0.223 e. The van der Waals surface area contributed by atoms with E-state index in [0.29, 0.717) is 12.1 Å². The molecule has 1 aliphatic heterocycles. The highest BCUT2D eigenvalue weighted by atomic mass is 16.1. The molecule has 1 heterocycles. The number of rotatable bonds is 5. The standard InChI is InChI=1S/C13H26N2O/c1-4-11(5-2)13(16)14-9-12-8-6-7-10(3)15-12/h10-12,15H,4-9H2,1-3H3,(H,14,16). The van der Waals surface area contributed by atoms with Crippen LogP contribution in [-0.2, 0) is 4.79 Å². The maximum Gasteiger partial charge on any atom is 0.223 e. The molecule has 16 heavy (non-hydrogen) atoms. The number of amides is 1. The fourth-order valence-electron chi connectivity index (χ4n) is 2.43. The summed E-state index contributed by atoms with van der Waals surface area (Å²) in [6.07, 6.45) is 5.61. The summed E-state index contributed by atoms with van der Waals surface area (Å²) in [7, 11) is 0. The maximum atomic E-state index is 11.8. The van der Waals surface area contributed by atoms with Gasteiger partial charge in [-0.3, -0.25) is 4.79 Å². The van der Waals surface area contributed by atoms with Crippen molar-refractivity contribution in [2.75, 3.05) is 6.54 Å². The van der Waals surface area contributed by atoms with Gasteiger partial charge in [-0.05, 0) is 32.6 Å². The topological polar surface area (TPSA) is 41.1 Å². The van der Waals surface area contributed by atoms with Gasteiger partial charge in [-0.15, -0.1) is 0 Å². The zero-order valence-electron chi connectivity index (χ0n) is 10.9. The molecule has 1 amide bonds. The van der Waals surface area contributed by atoms with E-state index in [1.807, 2.05) is 0 Å². The fraction of sp³-hybridized carbons (Fsp3) is 0.923. The molecular formula is C13H26N2O. The Morgan fingerprint density at radius 1 is 1.38 bits per heavy atom. The summed E-state index contributed by atoms with van der Waals surface area (Å²) in [5.41, 5.74) is 0. The molecule has 2 atom stereocenters. The third-order valence-corrected chi connectivity index (χ3v) is 3.59. The summed E-state index contributed by atoms with van der Waals surface area (Å²) in [4.78, 5) is 11.8. The van der Waals surface area contributed by atoms with Crippen molar-refractivity contribution < 1.29 is 4.79 Å². The second-order valence-electron chi connectivity index (χ2n) is 4.95. The first-order valence-electron chi connectivity index (χ1n) is 6.71. The predicted octanol–water partition coefficient (Wildman–Crippen LogP) is 2.07. The second-order valence-corrected chi connectivity index (χ2v) is 4.95. The van der Waals surface area contributed by atoms with Crippen LogP contribution in [0.3, 0.4) is 0 Å². The van der Waals surface area contributed by atoms with E-state index in [4.69, 9.17) is 0 Å². The van der Waals surface area contributed by atoms with Gasteiger partial charge in [0.05, 0.1) is 0 Å². The Bertz CT molecular complexity index is 214. The quantitative estimate of drug-likeness (QED) is 0.753. The molecule has 1 rings (SSSR count). The van der Waals surface area contributed by atoms with Crippen molar-refractivity contribution in [3.8, 4) is 0 Å². The SMILES string of the molecule is CCC(CC)C(=O)NCC1CCCC(C)N1. The third kappa shape index (κ3) is 4.12. The summed E-state index contributed by atoms with van der Waals surface area (Å²) < 4.78 is 0. The summed E-state index contributed by atoms with van der Waals surface area (Å²) in [6, 6.07) is 1.07. The molecule has 0 bridgehead atoms. The van der Waals surface area contributed by atoms with E-state index in [9.17, 15) is 4.79 Å². The van der Waals surface area contributed by atoms with Crippen LogP contribution < -0.4 is 10.6 Å². The molecule has 0 saturated carbocycles. The van der Waals surface area contributed by atoms with E-state index in [1.54, 1.807) is 0 Å². The average Bonchev–Trinajstić information content (AvgIpc) is 2.28. The number of carbonyl (C=O) groups is 1. The highest BCUT2D eigenvalue weighted by Gasteiger charge is 2.19. The van der Waals surface area contributed by atoms with Crippen molar-refractivity contribution >= 4 is 5.91 Å². The van der Waals surface area contributed by atoms with E-state index in [1.165, 1.54) is 19.3 Å². The fourth-order valence-corrected chi connectivity index (χ4v) is 2.43. The van der Waals surface area contributed by atoms with E-state index in [-0.39, 0.29) is 11.8 Å². The van der Waals surface area contributed by atoms with Gasteiger partial charge >= 0.3 is 0 Å². The number of piperidine rings is 1. The zero-order valence-corrected chi connectivity index (χ0v) is 10.9. The first-order valence-corrected chi connectivity index (χ1v) is 6.71. The van der Waals surface area contributed by atoms with E-state index >= 15 is 0 Å². The summed E-state index contributed by atoms with van der Waals surface area (Å²) in [5.74, 6) is 0.422. The lowest BCUT2D eigenvalue weighted by atomic mass is 9.99. The Morgan fingerprint density at radius 2 is 2.06 bits per heavy atom. The van der Waals surface area contributed by atoms with Gasteiger partial charge in [0.1, 0.15) is 0 Å². The van der Waals surface area contributed by atoms with Gasteiger partial charge in [-0.1, -0.05) is 20.3 Å². The van der Waals surface area contributed by atoms with Gasteiger partial charge in [-0.2, -0.15) is 0 Å². The van der Waals surface area contributed by atoms with Gasteiger partial charge in [0.25, 0.3) is 0 Å². The summed E-state index contributed by atoms with van der Waals surface area (Å²) in [5, 5.41) is 6.61. The molecule has 0 radical (unpaired) electrons. The zero-order chi connectivity index (χ0) is 12.0. The molecule has 0 aromatic rings. The maximum absolute atomic E-state index is 11.8. The van der Waals surface area contributed by atoms with Gasteiger partial charge < -0.3 is 10.6 Å². The van der Waals surface area contributed by atoms with Crippen LogP contribution in [0.15, 0.2) is 0 Å². The van der Waals surface area contributed by atoms with Crippen LogP contribution in [0.4, 0.5) is 0 Å². The monoisotopic (exact) mass is 226 g/mol. The van der Waals surface area contributed by atoms with E-state index < -0.39 is 0 Å². The highest BCUT2D eigenvalue weighted by molar-refractivity contribution is 5.78. The van der Waals surface area contributed by atoms with Crippen molar-refractivity contribution in [2.24, 2.45) is 5.92 Å². The summed E-state index contributed by atoms with van der Waals surface area (Å²) >= 11 is 0. The van der Waals surface area contributed by atoms with Crippen LogP contribution in [0.1, 0.15) is 52.9 Å².